The van der Waals surface area contributed by atoms with Gasteiger partial charge in [0.25, 0.3) is 5.56 Å². The summed E-state index contributed by atoms with van der Waals surface area (Å²) in [5, 5.41) is 5.64. The van der Waals surface area contributed by atoms with Crippen molar-refractivity contribution in [2.75, 3.05) is 0 Å². The summed E-state index contributed by atoms with van der Waals surface area (Å²) in [7, 11) is 0. The highest BCUT2D eigenvalue weighted by Crippen LogP contribution is 2.34. The number of aromatic nitrogens is 2. The summed E-state index contributed by atoms with van der Waals surface area (Å²) in [4.78, 5) is 18.3. The third-order valence-electron chi connectivity index (χ3n) is 6.39. The highest BCUT2D eigenvalue weighted by molar-refractivity contribution is 9.10. The Hall–Kier alpha value is -3.03. The van der Waals surface area contributed by atoms with Crippen LogP contribution in [0.25, 0.3) is 10.9 Å². The summed E-state index contributed by atoms with van der Waals surface area (Å²) >= 11 is 9.85. The Morgan fingerprint density at radius 1 is 1.11 bits per heavy atom. The number of benzene rings is 3. The van der Waals surface area contributed by atoms with Gasteiger partial charge in [-0.2, -0.15) is 9.78 Å². The Bertz CT molecular complexity index is 1480. The molecule has 0 amide bonds. The van der Waals surface area contributed by atoms with Gasteiger partial charge in [0.2, 0.25) is 0 Å². The van der Waals surface area contributed by atoms with E-state index >= 15 is 0 Å². The molecular weight excluding hydrogens is 545 g/mol. The lowest BCUT2D eigenvalue weighted by Crippen LogP contribution is -2.25. The van der Waals surface area contributed by atoms with Crippen LogP contribution in [0.2, 0.25) is 5.02 Å². The lowest BCUT2D eigenvalue weighted by Gasteiger charge is -2.22. The SMILES string of the molecule is O=c1c2ccccc2nc(C2CCCCC2)n1N=Cc1cc(Cl)cc(Br)c1OCc1ccc(F)cc1. The molecule has 1 fully saturated rings. The van der Waals surface area contributed by atoms with Crippen molar-refractivity contribution in [3.63, 3.8) is 0 Å². The molecule has 0 aliphatic heterocycles. The topological polar surface area (TPSA) is 56.5 Å². The fourth-order valence-corrected chi connectivity index (χ4v) is 5.51. The Labute approximate surface area is 221 Å². The first-order valence-electron chi connectivity index (χ1n) is 11.9. The second kappa shape index (κ2) is 10.9. The molecule has 36 heavy (non-hydrogen) atoms. The van der Waals surface area contributed by atoms with E-state index in [1.54, 1.807) is 36.5 Å². The molecule has 0 atom stereocenters. The van der Waals surface area contributed by atoms with Gasteiger partial charge in [0, 0.05) is 16.5 Å². The first-order valence-corrected chi connectivity index (χ1v) is 13.1. The molecule has 1 heterocycles. The molecule has 4 aromatic rings. The number of nitrogens with zero attached hydrogens (tertiary/aromatic N) is 3. The summed E-state index contributed by atoms with van der Waals surface area (Å²) in [6, 6.07) is 16.9. The van der Waals surface area contributed by atoms with Crippen LogP contribution in [0.3, 0.4) is 0 Å². The van der Waals surface area contributed by atoms with Gasteiger partial charge < -0.3 is 4.74 Å². The molecule has 8 heteroatoms. The molecule has 0 N–H and O–H groups in total. The van der Waals surface area contributed by atoms with Crippen molar-refractivity contribution in [1.82, 2.24) is 9.66 Å². The Kier molecular flexibility index (Phi) is 7.48. The maximum Gasteiger partial charge on any atom is 0.282 e. The average molecular weight is 569 g/mol. The van der Waals surface area contributed by atoms with Crippen LogP contribution < -0.4 is 10.3 Å². The fourth-order valence-electron chi connectivity index (χ4n) is 4.56. The quantitative estimate of drug-likeness (QED) is 0.227. The number of halogens is 3. The third-order valence-corrected chi connectivity index (χ3v) is 7.20. The molecule has 1 aliphatic rings. The zero-order valence-corrected chi connectivity index (χ0v) is 21.8. The smallest absolute Gasteiger partial charge is 0.282 e. The van der Waals surface area contributed by atoms with Crippen LogP contribution in [0.5, 0.6) is 5.75 Å². The molecular formula is C28H24BrClFN3O2. The summed E-state index contributed by atoms with van der Waals surface area (Å²) in [5.41, 5.74) is 1.90. The van der Waals surface area contributed by atoms with Gasteiger partial charge in [0.1, 0.15) is 24.0 Å². The number of para-hydroxylation sites is 1. The van der Waals surface area contributed by atoms with Crippen molar-refractivity contribution in [2.45, 2.75) is 44.6 Å². The van der Waals surface area contributed by atoms with E-state index in [4.69, 9.17) is 21.3 Å². The van der Waals surface area contributed by atoms with Gasteiger partial charge in [0.15, 0.2) is 0 Å². The van der Waals surface area contributed by atoms with Crippen LogP contribution in [0.1, 0.15) is 55.0 Å². The molecule has 5 rings (SSSR count). The standard InChI is InChI=1S/C28H24BrClFN3O2/c29-24-15-21(30)14-20(26(24)36-17-18-10-12-22(31)13-11-18)16-32-34-27(19-6-2-1-3-7-19)33-25-9-5-4-8-23(25)28(34)35/h4-5,8-16,19H,1-3,6-7,17H2. The number of rotatable bonds is 6. The number of fused-ring (bicyclic) bond motifs is 1. The lowest BCUT2D eigenvalue weighted by molar-refractivity contribution is 0.303. The van der Waals surface area contributed by atoms with Crippen LogP contribution in [0.15, 0.2) is 75.0 Å². The summed E-state index contributed by atoms with van der Waals surface area (Å²) in [6.45, 7) is 0.228. The van der Waals surface area contributed by atoms with Crippen molar-refractivity contribution >= 4 is 44.6 Å². The fraction of sp³-hybridized carbons (Fsp3) is 0.250. The molecule has 5 nitrogen and oxygen atoms in total. The maximum atomic E-state index is 13.5. The molecule has 1 aliphatic carbocycles. The minimum atomic E-state index is -0.303. The van der Waals surface area contributed by atoms with Crippen LogP contribution >= 0.6 is 27.5 Å². The monoisotopic (exact) mass is 567 g/mol. The zero-order chi connectivity index (χ0) is 25.1. The first kappa shape index (κ1) is 24.7. The van der Waals surface area contributed by atoms with E-state index in [0.29, 0.717) is 37.5 Å². The highest BCUT2D eigenvalue weighted by atomic mass is 79.9. The Morgan fingerprint density at radius 2 is 1.86 bits per heavy atom. The van der Waals surface area contributed by atoms with E-state index in [9.17, 15) is 9.18 Å². The minimum absolute atomic E-state index is 0.175. The number of hydrogen-bond donors (Lipinski definition) is 0. The van der Waals surface area contributed by atoms with Gasteiger partial charge in [0.05, 0.1) is 21.6 Å². The van der Waals surface area contributed by atoms with E-state index < -0.39 is 0 Å². The van der Waals surface area contributed by atoms with Gasteiger partial charge in [-0.15, -0.1) is 0 Å². The van der Waals surface area contributed by atoms with Crippen molar-refractivity contribution in [3.05, 3.63) is 103 Å². The van der Waals surface area contributed by atoms with Crippen LogP contribution in [0, 0.1) is 5.82 Å². The maximum absolute atomic E-state index is 13.5. The minimum Gasteiger partial charge on any atom is -0.487 e. The molecule has 3 aromatic carbocycles. The van der Waals surface area contributed by atoms with Crippen molar-refractivity contribution in [2.24, 2.45) is 5.10 Å². The van der Waals surface area contributed by atoms with E-state index in [-0.39, 0.29) is 23.9 Å². The van der Waals surface area contributed by atoms with Crippen molar-refractivity contribution in [1.29, 1.82) is 0 Å². The Morgan fingerprint density at radius 3 is 2.64 bits per heavy atom. The summed E-state index contributed by atoms with van der Waals surface area (Å²) in [5.74, 6) is 1.08. The molecule has 1 saturated carbocycles. The van der Waals surface area contributed by atoms with Crippen LogP contribution in [0.4, 0.5) is 4.39 Å². The predicted octanol–water partition coefficient (Wildman–Crippen LogP) is 7.46. The zero-order valence-electron chi connectivity index (χ0n) is 19.5. The van der Waals surface area contributed by atoms with Crippen LogP contribution in [-0.2, 0) is 6.61 Å². The van der Waals surface area contributed by atoms with Crippen molar-refractivity contribution in [3.8, 4) is 5.75 Å². The second-order valence-electron chi connectivity index (χ2n) is 8.90. The van der Waals surface area contributed by atoms with Gasteiger partial charge in [-0.1, -0.05) is 55.1 Å². The highest BCUT2D eigenvalue weighted by Gasteiger charge is 2.22. The van der Waals surface area contributed by atoms with E-state index in [1.807, 2.05) is 18.2 Å². The molecule has 0 saturated heterocycles. The van der Waals surface area contributed by atoms with E-state index in [0.717, 1.165) is 31.2 Å². The van der Waals surface area contributed by atoms with E-state index in [1.165, 1.54) is 23.2 Å². The number of ether oxygens (including phenoxy) is 1. The van der Waals surface area contributed by atoms with Crippen LogP contribution in [-0.4, -0.2) is 15.9 Å². The Balaban J connectivity index is 1.54. The van der Waals surface area contributed by atoms with Gasteiger partial charge >= 0.3 is 0 Å². The van der Waals surface area contributed by atoms with Gasteiger partial charge in [-0.3, -0.25) is 4.79 Å². The van der Waals surface area contributed by atoms with Gasteiger partial charge in [-0.25, -0.2) is 9.37 Å². The molecule has 0 unspecified atom stereocenters. The lowest BCUT2D eigenvalue weighted by atomic mass is 9.88. The summed E-state index contributed by atoms with van der Waals surface area (Å²) < 4.78 is 21.4. The predicted molar refractivity (Wildman–Crippen MR) is 145 cm³/mol. The largest absolute Gasteiger partial charge is 0.487 e. The van der Waals surface area contributed by atoms with E-state index in [2.05, 4.69) is 21.0 Å². The normalized spacial score (nSPS) is 14.5. The first-order chi connectivity index (χ1) is 17.5. The second-order valence-corrected chi connectivity index (χ2v) is 10.2. The molecule has 0 bridgehead atoms. The third kappa shape index (κ3) is 5.37. The number of hydrogen-bond acceptors (Lipinski definition) is 4. The molecule has 184 valence electrons. The summed E-state index contributed by atoms with van der Waals surface area (Å²) in [6.07, 6.45) is 6.97. The molecule has 0 radical (unpaired) electrons. The van der Waals surface area contributed by atoms with Gasteiger partial charge in [-0.05, 0) is 70.7 Å². The molecule has 0 spiro atoms. The molecule has 1 aromatic heterocycles. The van der Waals surface area contributed by atoms with Crippen molar-refractivity contribution < 1.29 is 9.13 Å². The average Bonchev–Trinajstić information content (AvgIpc) is 2.89.